The second-order valence-corrected chi connectivity index (χ2v) is 5.06. The lowest BCUT2D eigenvalue weighted by molar-refractivity contribution is -0.120. The second kappa shape index (κ2) is 9.70. The Morgan fingerprint density at radius 1 is 1.18 bits per heavy atom. The summed E-state index contributed by atoms with van der Waals surface area (Å²) in [5, 5.41) is 5.21. The van der Waals surface area contributed by atoms with Gasteiger partial charge in [0.1, 0.15) is 5.69 Å². The molecule has 1 aromatic heterocycles. The molecule has 22 heavy (non-hydrogen) atoms. The number of ketones is 1. The van der Waals surface area contributed by atoms with Crippen LogP contribution in [0.4, 0.5) is 0 Å². The van der Waals surface area contributed by atoms with E-state index in [4.69, 9.17) is 0 Å². The zero-order valence-electron chi connectivity index (χ0n) is 13.2. The van der Waals surface area contributed by atoms with Crippen molar-refractivity contribution in [3.63, 3.8) is 0 Å². The Balaban J connectivity index is 2.40. The average molecular weight is 308 g/mol. The number of hydrogen-bond donors (Lipinski definition) is 3. The van der Waals surface area contributed by atoms with Crippen molar-refractivity contribution >= 4 is 17.6 Å². The Morgan fingerprint density at radius 2 is 1.95 bits per heavy atom. The fourth-order valence-electron chi connectivity index (χ4n) is 1.90. The number of carbonyl (C=O) groups is 3. The Morgan fingerprint density at radius 3 is 2.64 bits per heavy atom. The highest BCUT2D eigenvalue weighted by atomic mass is 16.2. The maximum atomic E-state index is 11.9. The molecule has 0 aliphatic carbocycles. The molecule has 1 aromatic rings. The number of Topliss-reactive ketones (excluding diaryl/α,β-unsaturated/α-hetero) is 1. The highest BCUT2D eigenvalue weighted by Crippen LogP contribution is 2.04. The van der Waals surface area contributed by atoms with Crippen LogP contribution >= 0.6 is 0 Å². The van der Waals surface area contributed by atoms with Crippen LogP contribution < -0.4 is 10.6 Å². The predicted molar refractivity (Wildman–Crippen MR) is 82.7 cm³/mol. The number of nitrogens with one attached hydrogen (secondary N) is 3. The topological polar surface area (TPSA) is 104 Å². The van der Waals surface area contributed by atoms with E-state index in [1.807, 2.05) is 0 Å². The monoisotopic (exact) mass is 308 g/mol. The molecule has 0 radical (unpaired) electrons. The van der Waals surface area contributed by atoms with Crippen LogP contribution in [0.5, 0.6) is 0 Å². The number of unbranched alkanes of at least 4 members (excludes halogenated alkanes) is 3. The fraction of sp³-hybridized carbons (Fsp3) is 0.600. The number of rotatable bonds is 10. The van der Waals surface area contributed by atoms with Gasteiger partial charge in [0.05, 0.1) is 6.20 Å². The molecular formula is C15H24N4O3. The first-order valence-corrected chi connectivity index (χ1v) is 7.65. The van der Waals surface area contributed by atoms with E-state index >= 15 is 0 Å². The molecule has 1 rings (SSSR count). The molecule has 3 N–H and O–H groups in total. The normalized spacial score (nSPS) is 10.3. The van der Waals surface area contributed by atoms with Crippen LogP contribution in [0.15, 0.2) is 6.20 Å². The van der Waals surface area contributed by atoms with E-state index in [9.17, 15) is 14.4 Å². The molecule has 7 heteroatoms. The molecule has 122 valence electrons. The van der Waals surface area contributed by atoms with Gasteiger partial charge in [-0.15, -0.1) is 0 Å². The Labute approximate surface area is 130 Å². The molecule has 0 saturated carbocycles. The lowest BCUT2D eigenvalue weighted by Gasteiger charge is -2.02. The van der Waals surface area contributed by atoms with Crippen molar-refractivity contribution in [2.45, 2.75) is 45.4 Å². The number of H-pyrrole nitrogens is 1. The van der Waals surface area contributed by atoms with Crippen molar-refractivity contribution in [2.75, 3.05) is 13.6 Å². The molecule has 7 nitrogen and oxygen atoms in total. The predicted octanol–water partition coefficient (Wildman–Crippen LogP) is 1.43. The van der Waals surface area contributed by atoms with Gasteiger partial charge in [-0.3, -0.25) is 14.4 Å². The number of aromatic nitrogens is 2. The van der Waals surface area contributed by atoms with Crippen LogP contribution in [0.3, 0.4) is 0 Å². The summed E-state index contributed by atoms with van der Waals surface area (Å²) in [6.45, 7) is 2.73. The lowest BCUT2D eigenvalue weighted by atomic mass is 10.2. The van der Waals surface area contributed by atoms with Gasteiger partial charge in [-0.05, 0) is 6.42 Å². The molecule has 0 atom stereocenters. The first kappa shape index (κ1) is 17.9. The molecule has 0 aliphatic heterocycles. The summed E-state index contributed by atoms with van der Waals surface area (Å²) in [6.07, 6.45) is 5.84. The van der Waals surface area contributed by atoms with Crippen molar-refractivity contribution < 1.29 is 14.4 Å². The third-order valence-corrected chi connectivity index (χ3v) is 3.27. The molecule has 0 saturated heterocycles. The van der Waals surface area contributed by atoms with Crippen molar-refractivity contribution in [2.24, 2.45) is 0 Å². The number of amides is 2. The first-order chi connectivity index (χ1) is 10.6. The molecule has 1 heterocycles. The minimum Gasteiger partial charge on any atom is -0.359 e. The fourth-order valence-corrected chi connectivity index (χ4v) is 1.90. The zero-order valence-corrected chi connectivity index (χ0v) is 13.2. The summed E-state index contributed by atoms with van der Waals surface area (Å²) in [4.78, 5) is 41.4. The van der Waals surface area contributed by atoms with Gasteiger partial charge in [-0.25, -0.2) is 4.98 Å². The Kier molecular flexibility index (Phi) is 7.88. The van der Waals surface area contributed by atoms with E-state index in [2.05, 4.69) is 27.5 Å². The first-order valence-electron chi connectivity index (χ1n) is 7.65. The van der Waals surface area contributed by atoms with Gasteiger partial charge in [-0.1, -0.05) is 26.2 Å². The Hall–Kier alpha value is -2.18. The van der Waals surface area contributed by atoms with Gasteiger partial charge in [0.2, 0.25) is 5.91 Å². The Bertz CT molecular complexity index is 511. The smallest absolute Gasteiger partial charge is 0.287 e. The maximum absolute atomic E-state index is 11.9. The summed E-state index contributed by atoms with van der Waals surface area (Å²) in [5.41, 5.74) is 0.250. The number of aromatic amines is 1. The van der Waals surface area contributed by atoms with Crippen LogP contribution in [0.1, 0.15) is 66.6 Å². The minimum absolute atomic E-state index is 0.0833. The van der Waals surface area contributed by atoms with Crippen molar-refractivity contribution in [1.29, 1.82) is 0 Å². The van der Waals surface area contributed by atoms with Gasteiger partial charge >= 0.3 is 0 Å². The van der Waals surface area contributed by atoms with Crippen LogP contribution in [-0.2, 0) is 4.79 Å². The minimum atomic E-state index is -0.318. The van der Waals surface area contributed by atoms with Gasteiger partial charge in [0.15, 0.2) is 11.6 Å². The van der Waals surface area contributed by atoms with Gasteiger partial charge in [0, 0.05) is 26.4 Å². The highest BCUT2D eigenvalue weighted by Gasteiger charge is 2.14. The number of carbonyl (C=O) groups excluding carboxylic acids is 3. The van der Waals surface area contributed by atoms with Crippen LogP contribution in [0.25, 0.3) is 0 Å². The largest absolute Gasteiger partial charge is 0.359 e. The number of hydrogen-bond acceptors (Lipinski definition) is 4. The number of imidazole rings is 1. The van der Waals surface area contributed by atoms with E-state index < -0.39 is 0 Å². The highest BCUT2D eigenvalue weighted by molar-refractivity contribution is 5.98. The van der Waals surface area contributed by atoms with Crippen molar-refractivity contribution in [3.05, 3.63) is 17.7 Å². The van der Waals surface area contributed by atoms with Crippen LogP contribution in [0.2, 0.25) is 0 Å². The lowest BCUT2D eigenvalue weighted by Crippen LogP contribution is -2.25. The summed E-state index contributed by atoms with van der Waals surface area (Å²) in [5.74, 6) is -0.628. The maximum Gasteiger partial charge on any atom is 0.287 e. The average Bonchev–Trinajstić information content (AvgIpc) is 3.02. The van der Waals surface area contributed by atoms with Gasteiger partial charge < -0.3 is 15.6 Å². The summed E-state index contributed by atoms with van der Waals surface area (Å²) in [6, 6.07) is 0. The summed E-state index contributed by atoms with van der Waals surface area (Å²) in [7, 11) is 1.52. The van der Waals surface area contributed by atoms with E-state index in [1.54, 1.807) is 0 Å². The van der Waals surface area contributed by atoms with Crippen LogP contribution in [0, 0.1) is 0 Å². The van der Waals surface area contributed by atoms with Crippen molar-refractivity contribution in [1.82, 2.24) is 20.6 Å². The molecule has 0 fully saturated rings. The molecule has 0 unspecified atom stereocenters. The molecular weight excluding hydrogens is 284 g/mol. The second-order valence-electron chi connectivity index (χ2n) is 5.06. The van der Waals surface area contributed by atoms with E-state index in [-0.39, 0.29) is 42.0 Å². The van der Waals surface area contributed by atoms with E-state index in [0.717, 1.165) is 25.7 Å². The SMILES string of the molecule is CCCCCCNC(=O)c1ncc(C(=O)CCC(=O)NC)[nH]1. The van der Waals surface area contributed by atoms with E-state index in [0.29, 0.717) is 6.54 Å². The summed E-state index contributed by atoms with van der Waals surface area (Å²) >= 11 is 0. The summed E-state index contributed by atoms with van der Waals surface area (Å²) < 4.78 is 0. The van der Waals surface area contributed by atoms with E-state index in [1.165, 1.54) is 13.2 Å². The van der Waals surface area contributed by atoms with Crippen LogP contribution in [-0.4, -0.2) is 41.2 Å². The quantitative estimate of drug-likeness (QED) is 0.449. The van der Waals surface area contributed by atoms with Crippen molar-refractivity contribution in [3.8, 4) is 0 Å². The third kappa shape index (κ3) is 6.07. The third-order valence-electron chi connectivity index (χ3n) is 3.27. The molecule has 0 aromatic carbocycles. The number of nitrogens with zero attached hydrogens (tertiary/aromatic N) is 1. The molecule has 0 bridgehead atoms. The van der Waals surface area contributed by atoms with Gasteiger partial charge in [0.25, 0.3) is 5.91 Å². The molecule has 2 amide bonds. The standard InChI is InChI=1S/C15H24N4O3/c1-3-4-5-6-9-17-15(22)14-18-10-11(19-14)12(20)7-8-13(21)16-2/h10H,3-9H2,1-2H3,(H,16,21)(H,17,22)(H,18,19). The molecule has 0 aliphatic rings. The van der Waals surface area contributed by atoms with Gasteiger partial charge in [-0.2, -0.15) is 0 Å². The molecule has 0 spiro atoms. The zero-order chi connectivity index (χ0) is 16.4.